The van der Waals surface area contributed by atoms with Gasteiger partial charge in [0.05, 0.1) is 12.2 Å². The predicted octanol–water partition coefficient (Wildman–Crippen LogP) is 2.60. The quantitative estimate of drug-likeness (QED) is 0.665. The Hall–Kier alpha value is -0.0800. The van der Waals surface area contributed by atoms with Crippen molar-refractivity contribution >= 4 is 0 Å². The lowest BCUT2D eigenvalue weighted by Gasteiger charge is -2.26. The molecule has 80 valence electrons. The van der Waals surface area contributed by atoms with Gasteiger partial charge in [0, 0.05) is 6.61 Å². The molecule has 0 saturated heterocycles. The molecule has 2 nitrogen and oxygen atoms in total. The zero-order chi connectivity index (χ0) is 10.3. The molecular weight excluding hydrogens is 164 g/mol. The maximum absolute atomic E-state index is 9.91. The van der Waals surface area contributed by atoms with Crippen LogP contribution in [0.15, 0.2) is 0 Å². The van der Waals surface area contributed by atoms with Crippen molar-refractivity contribution in [3.63, 3.8) is 0 Å². The highest BCUT2D eigenvalue weighted by molar-refractivity contribution is 4.73. The predicted molar refractivity (Wildman–Crippen MR) is 55.8 cm³/mol. The van der Waals surface area contributed by atoms with Crippen molar-refractivity contribution in [2.45, 2.75) is 59.2 Å². The molecule has 0 aliphatic rings. The van der Waals surface area contributed by atoms with Crippen molar-refractivity contribution in [3.8, 4) is 0 Å². The van der Waals surface area contributed by atoms with E-state index in [1.807, 2.05) is 6.92 Å². The molecular formula is C11H24O2. The van der Waals surface area contributed by atoms with E-state index in [2.05, 4.69) is 20.8 Å². The van der Waals surface area contributed by atoms with Crippen LogP contribution in [0.4, 0.5) is 0 Å². The van der Waals surface area contributed by atoms with Gasteiger partial charge in [0.1, 0.15) is 0 Å². The Morgan fingerprint density at radius 2 is 1.85 bits per heavy atom. The minimum absolute atomic E-state index is 0.0200. The molecule has 2 heteroatoms. The SMILES string of the molecule is CCCC(C)C(O)C(CC)OCC. The van der Waals surface area contributed by atoms with Gasteiger partial charge >= 0.3 is 0 Å². The number of hydrogen-bond donors (Lipinski definition) is 1. The van der Waals surface area contributed by atoms with Crippen molar-refractivity contribution < 1.29 is 9.84 Å². The topological polar surface area (TPSA) is 29.5 Å². The first-order valence-corrected chi connectivity index (χ1v) is 5.46. The van der Waals surface area contributed by atoms with Crippen molar-refractivity contribution in [2.75, 3.05) is 6.61 Å². The second kappa shape index (κ2) is 7.34. The van der Waals surface area contributed by atoms with E-state index in [1.165, 1.54) is 0 Å². The summed E-state index contributed by atoms with van der Waals surface area (Å²) >= 11 is 0. The molecule has 0 aromatic heterocycles. The monoisotopic (exact) mass is 188 g/mol. The van der Waals surface area contributed by atoms with E-state index in [-0.39, 0.29) is 12.2 Å². The van der Waals surface area contributed by atoms with Gasteiger partial charge in [-0.05, 0) is 25.7 Å². The lowest BCUT2D eigenvalue weighted by Crippen LogP contribution is -2.34. The van der Waals surface area contributed by atoms with Crippen LogP contribution in [0.2, 0.25) is 0 Å². The fourth-order valence-electron chi connectivity index (χ4n) is 1.66. The highest BCUT2D eigenvalue weighted by atomic mass is 16.5. The van der Waals surface area contributed by atoms with Gasteiger partial charge in [-0.1, -0.05) is 27.2 Å². The maximum Gasteiger partial charge on any atom is 0.0833 e. The molecule has 0 radical (unpaired) electrons. The first kappa shape index (κ1) is 12.9. The summed E-state index contributed by atoms with van der Waals surface area (Å²) in [5.74, 6) is 0.349. The Morgan fingerprint density at radius 3 is 2.23 bits per heavy atom. The molecule has 0 amide bonds. The summed E-state index contributed by atoms with van der Waals surface area (Å²) in [6.07, 6.45) is 2.81. The van der Waals surface area contributed by atoms with Crippen molar-refractivity contribution in [1.82, 2.24) is 0 Å². The Bertz CT molecular complexity index is 115. The molecule has 0 aliphatic carbocycles. The van der Waals surface area contributed by atoms with E-state index in [4.69, 9.17) is 4.74 Å². The Kier molecular flexibility index (Phi) is 7.29. The molecule has 1 N–H and O–H groups in total. The zero-order valence-electron chi connectivity index (χ0n) is 9.42. The second-order valence-electron chi connectivity index (χ2n) is 3.66. The number of rotatable bonds is 7. The minimum Gasteiger partial charge on any atom is -0.390 e. The van der Waals surface area contributed by atoms with Crippen molar-refractivity contribution in [3.05, 3.63) is 0 Å². The molecule has 0 rings (SSSR count). The Balaban J connectivity index is 3.94. The second-order valence-corrected chi connectivity index (χ2v) is 3.66. The fraction of sp³-hybridized carbons (Fsp3) is 1.00. The van der Waals surface area contributed by atoms with E-state index >= 15 is 0 Å². The summed E-state index contributed by atoms with van der Waals surface area (Å²) in [4.78, 5) is 0. The van der Waals surface area contributed by atoms with E-state index in [9.17, 15) is 5.11 Å². The van der Waals surface area contributed by atoms with Crippen LogP contribution in [0.3, 0.4) is 0 Å². The van der Waals surface area contributed by atoms with Gasteiger partial charge in [0.25, 0.3) is 0 Å². The third-order valence-electron chi connectivity index (χ3n) is 2.49. The van der Waals surface area contributed by atoms with E-state index in [1.54, 1.807) is 0 Å². The molecule has 0 aliphatic heterocycles. The molecule has 0 aromatic carbocycles. The number of ether oxygens (including phenoxy) is 1. The first-order chi connectivity index (χ1) is 6.17. The van der Waals surface area contributed by atoms with Crippen LogP contribution in [0.25, 0.3) is 0 Å². The van der Waals surface area contributed by atoms with Crippen LogP contribution in [-0.4, -0.2) is 23.9 Å². The molecule has 13 heavy (non-hydrogen) atoms. The Morgan fingerprint density at radius 1 is 1.23 bits per heavy atom. The van der Waals surface area contributed by atoms with Crippen LogP contribution in [-0.2, 0) is 4.74 Å². The number of aliphatic hydroxyl groups excluding tert-OH is 1. The van der Waals surface area contributed by atoms with Crippen molar-refractivity contribution in [1.29, 1.82) is 0 Å². The average Bonchev–Trinajstić information content (AvgIpc) is 2.13. The average molecular weight is 188 g/mol. The smallest absolute Gasteiger partial charge is 0.0833 e. The maximum atomic E-state index is 9.91. The van der Waals surface area contributed by atoms with Crippen LogP contribution in [0.5, 0.6) is 0 Å². The highest BCUT2D eigenvalue weighted by Gasteiger charge is 2.22. The summed E-state index contributed by atoms with van der Waals surface area (Å²) in [6.45, 7) is 8.96. The standard InChI is InChI=1S/C11H24O2/c1-5-8-9(4)11(12)10(6-2)13-7-3/h9-12H,5-8H2,1-4H3. The molecule has 3 atom stereocenters. The van der Waals surface area contributed by atoms with Gasteiger partial charge < -0.3 is 9.84 Å². The molecule has 0 aromatic rings. The number of hydrogen-bond acceptors (Lipinski definition) is 2. The van der Waals surface area contributed by atoms with Crippen LogP contribution in [0, 0.1) is 5.92 Å². The normalized spacial score (nSPS) is 18.2. The molecule has 3 unspecified atom stereocenters. The third kappa shape index (κ3) is 4.63. The van der Waals surface area contributed by atoms with Gasteiger partial charge in [0.2, 0.25) is 0 Å². The number of aliphatic hydroxyl groups is 1. The minimum atomic E-state index is -0.301. The van der Waals surface area contributed by atoms with Crippen LogP contribution >= 0.6 is 0 Å². The van der Waals surface area contributed by atoms with E-state index in [0.717, 1.165) is 19.3 Å². The zero-order valence-corrected chi connectivity index (χ0v) is 9.42. The Labute approximate surface area is 82.3 Å². The van der Waals surface area contributed by atoms with Gasteiger partial charge in [-0.25, -0.2) is 0 Å². The van der Waals surface area contributed by atoms with E-state index < -0.39 is 0 Å². The van der Waals surface area contributed by atoms with Gasteiger partial charge in [-0.15, -0.1) is 0 Å². The first-order valence-electron chi connectivity index (χ1n) is 5.46. The lowest BCUT2D eigenvalue weighted by molar-refractivity contribution is -0.0578. The van der Waals surface area contributed by atoms with E-state index in [0.29, 0.717) is 12.5 Å². The summed E-state index contributed by atoms with van der Waals surface area (Å²) in [5.41, 5.74) is 0. The molecule has 0 bridgehead atoms. The molecule has 0 spiro atoms. The summed E-state index contributed by atoms with van der Waals surface area (Å²) in [7, 11) is 0. The summed E-state index contributed by atoms with van der Waals surface area (Å²) in [6, 6.07) is 0. The summed E-state index contributed by atoms with van der Waals surface area (Å²) in [5, 5.41) is 9.91. The van der Waals surface area contributed by atoms with Gasteiger partial charge in [-0.3, -0.25) is 0 Å². The molecule has 0 saturated carbocycles. The van der Waals surface area contributed by atoms with Gasteiger partial charge in [-0.2, -0.15) is 0 Å². The van der Waals surface area contributed by atoms with Crippen molar-refractivity contribution in [2.24, 2.45) is 5.92 Å². The lowest BCUT2D eigenvalue weighted by atomic mass is 9.94. The fourth-order valence-corrected chi connectivity index (χ4v) is 1.66. The third-order valence-corrected chi connectivity index (χ3v) is 2.49. The highest BCUT2D eigenvalue weighted by Crippen LogP contribution is 2.17. The molecule has 0 heterocycles. The summed E-state index contributed by atoms with van der Waals surface area (Å²) < 4.78 is 5.47. The van der Waals surface area contributed by atoms with Gasteiger partial charge in [0.15, 0.2) is 0 Å². The van der Waals surface area contributed by atoms with Crippen LogP contribution in [0.1, 0.15) is 47.0 Å². The largest absolute Gasteiger partial charge is 0.390 e. The van der Waals surface area contributed by atoms with Crippen LogP contribution < -0.4 is 0 Å². The molecule has 0 fully saturated rings.